The van der Waals surface area contributed by atoms with Gasteiger partial charge in [-0.3, -0.25) is 0 Å². The first-order chi connectivity index (χ1) is 8.91. The van der Waals surface area contributed by atoms with Crippen LogP contribution in [-0.2, 0) is 10.0 Å². The molecule has 0 aliphatic heterocycles. The van der Waals surface area contributed by atoms with E-state index in [1.807, 2.05) is 0 Å². The van der Waals surface area contributed by atoms with Gasteiger partial charge in [0.25, 0.3) is 0 Å². The summed E-state index contributed by atoms with van der Waals surface area (Å²) in [6.45, 7) is 2.23. The predicted octanol–water partition coefficient (Wildman–Crippen LogP) is 1.60. The maximum Gasteiger partial charge on any atom is 0.243 e. The molecule has 0 aliphatic carbocycles. The van der Waals surface area contributed by atoms with Gasteiger partial charge >= 0.3 is 0 Å². The fraction of sp³-hybridized carbons (Fsp3) is 0.364. The van der Waals surface area contributed by atoms with Crippen LogP contribution in [0.5, 0.6) is 0 Å². The standard InChI is InChI=1S/C11H16BrN3O3S/c1-2-15(8-7-11(13)14-16)19(17,18)10-5-3-9(12)4-6-10/h3-6,16H,2,7-8H2,1H3,(H2,13,14). The van der Waals surface area contributed by atoms with Crippen LogP contribution in [0.25, 0.3) is 0 Å². The molecule has 0 fully saturated rings. The molecule has 0 aliphatic rings. The molecule has 1 aromatic carbocycles. The van der Waals surface area contributed by atoms with Crippen molar-refractivity contribution in [3.8, 4) is 0 Å². The van der Waals surface area contributed by atoms with E-state index in [0.717, 1.165) is 4.47 Å². The van der Waals surface area contributed by atoms with Crippen LogP contribution in [0, 0.1) is 0 Å². The summed E-state index contributed by atoms with van der Waals surface area (Å²) >= 11 is 3.26. The molecule has 0 heterocycles. The Labute approximate surface area is 121 Å². The summed E-state index contributed by atoms with van der Waals surface area (Å²) in [7, 11) is -3.55. The SMILES string of the molecule is CCN(CC/C(N)=N/O)S(=O)(=O)c1ccc(Br)cc1. The molecule has 0 saturated carbocycles. The van der Waals surface area contributed by atoms with E-state index in [1.165, 1.54) is 16.4 Å². The lowest BCUT2D eigenvalue weighted by Crippen LogP contribution is -2.34. The van der Waals surface area contributed by atoms with Crippen LogP contribution in [0.1, 0.15) is 13.3 Å². The highest BCUT2D eigenvalue weighted by atomic mass is 79.9. The van der Waals surface area contributed by atoms with Crippen molar-refractivity contribution in [1.82, 2.24) is 4.31 Å². The Morgan fingerprint density at radius 2 is 2.00 bits per heavy atom. The monoisotopic (exact) mass is 349 g/mol. The maximum absolute atomic E-state index is 12.3. The van der Waals surface area contributed by atoms with Gasteiger partial charge in [0, 0.05) is 24.0 Å². The minimum atomic E-state index is -3.55. The first kappa shape index (κ1) is 15.9. The van der Waals surface area contributed by atoms with Gasteiger partial charge in [-0.25, -0.2) is 8.42 Å². The third-order valence-electron chi connectivity index (χ3n) is 2.55. The zero-order chi connectivity index (χ0) is 14.5. The Kier molecular flexibility index (Phi) is 5.77. The Balaban J connectivity index is 2.92. The normalized spacial score (nSPS) is 12.9. The summed E-state index contributed by atoms with van der Waals surface area (Å²) in [5.74, 6) is 0.00413. The number of benzene rings is 1. The summed E-state index contributed by atoms with van der Waals surface area (Å²) in [4.78, 5) is 0.219. The highest BCUT2D eigenvalue weighted by molar-refractivity contribution is 9.10. The van der Waals surface area contributed by atoms with Crippen molar-refractivity contribution >= 4 is 31.8 Å². The summed E-state index contributed by atoms with van der Waals surface area (Å²) in [6.07, 6.45) is 0.181. The second-order valence-corrected chi connectivity index (χ2v) is 6.65. The van der Waals surface area contributed by atoms with Crippen molar-refractivity contribution in [3.63, 3.8) is 0 Å². The van der Waals surface area contributed by atoms with Crippen LogP contribution < -0.4 is 5.73 Å². The van der Waals surface area contributed by atoms with Gasteiger partial charge in [0.2, 0.25) is 10.0 Å². The molecule has 1 aromatic rings. The number of sulfonamides is 1. The van der Waals surface area contributed by atoms with E-state index < -0.39 is 10.0 Å². The Bertz CT molecular complexity index is 543. The molecule has 8 heteroatoms. The summed E-state index contributed by atoms with van der Waals surface area (Å²) in [5, 5.41) is 11.3. The van der Waals surface area contributed by atoms with E-state index in [0.29, 0.717) is 6.54 Å². The van der Waals surface area contributed by atoms with Crippen LogP contribution in [0.3, 0.4) is 0 Å². The van der Waals surface area contributed by atoms with E-state index in [1.54, 1.807) is 19.1 Å². The predicted molar refractivity (Wildman–Crippen MR) is 76.6 cm³/mol. The van der Waals surface area contributed by atoms with Crippen molar-refractivity contribution in [1.29, 1.82) is 0 Å². The topological polar surface area (TPSA) is 96.0 Å². The number of oxime groups is 1. The lowest BCUT2D eigenvalue weighted by atomic mass is 10.4. The van der Waals surface area contributed by atoms with E-state index in [4.69, 9.17) is 10.9 Å². The number of rotatable bonds is 6. The zero-order valence-electron chi connectivity index (χ0n) is 10.5. The van der Waals surface area contributed by atoms with Crippen LogP contribution >= 0.6 is 15.9 Å². The van der Waals surface area contributed by atoms with Gasteiger partial charge in [0.05, 0.1) is 4.90 Å². The van der Waals surface area contributed by atoms with E-state index >= 15 is 0 Å². The molecule has 0 atom stereocenters. The first-order valence-corrected chi connectivity index (χ1v) is 7.87. The van der Waals surface area contributed by atoms with Crippen molar-refractivity contribution in [2.75, 3.05) is 13.1 Å². The highest BCUT2D eigenvalue weighted by Gasteiger charge is 2.22. The van der Waals surface area contributed by atoms with Crippen molar-refractivity contribution in [2.24, 2.45) is 10.9 Å². The van der Waals surface area contributed by atoms with E-state index in [9.17, 15) is 8.42 Å². The summed E-state index contributed by atoms with van der Waals surface area (Å²) < 4.78 is 26.8. The molecule has 106 valence electrons. The molecule has 6 nitrogen and oxygen atoms in total. The third-order valence-corrected chi connectivity index (χ3v) is 5.07. The van der Waals surface area contributed by atoms with Crippen molar-refractivity contribution in [3.05, 3.63) is 28.7 Å². The molecule has 0 unspecified atom stereocenters. The van der Waals surface area contributed by atoms with Gasteiger partial charge in [-0.15, -0.1) is 0 Å². The summed E-state index contributed by atoms with van der Waals surface area (Å²) in [6, 6.07) is 6.41. The summed E-state index contributed by atoms with van der Waals surface area (Å²) in [5.41, 5.74) is 5.35. The second kappa shape index (κ2) is 6.88. The van der Waals surface area contributed by atoms with Gasteiger partial charge in [0.1, 0.15) is 5.84 Å². The zero-order valence-corrected chi connectivity index (χ0v) is 12.9. The Morgan fingerprint density at radius 1 is 1.42 bits per heavy atom. The lowest BCUT2D eigenvalue weighted by Gasteiger charge is -2.20. The number of hydrogen-bond donors (Lipinski definition) is 2. The van der Waals surface area contributed by atoms with Crippen LogP contribution in [0.2, 0.25) is 0 Å². The van der Waals surface area contributed by atoms with Gasteiger partial charge in [-0.2, -0.15) is 4.31 Å². The quantitative estimate of drug-likeness (QED) is 0.352. The largest absolute Gasteiger partial charge is 0.409 e. The number of nitrogens with zero attached hydrogens (tertiary/aromatic N) is 2. The van der Waals surface area contributed by atoms with Crippen LogP contribution in [0.15, 0.2) is 38.8 Å². The highest BCUT2D eigenvalue weighted by Crippen LogP contribution is 2.18. The number of hydrogen-bond acceptors (Lipinski definition) is 4. The number of amidine groups is 1. The molecular weight excluding hydrogens is 334 g/mol. The Morgan fingerprint density at radius 3 is 2.47 bits per heavy atom. The van der Waals surface area contributed by atoms with Crippen molar-refractivity contribution in [2.45, 2.75) is 18.2 Å². The molecule has 1 rings (SSSR count). The van der Waals surface area contributed by atoms with E-state index in [2.05, 4.69) is 21.1 Å². The Hall–Kier alpha value is -1.12. The number of halogens is 1. The average molecular weight is 350 g/mol. The van der Waals surface area contributed by atoms with Crippen LogP contribution in [-0.4, -0.2) is 36.9 Å². The maximum atomic E-state index is 12.3. The smallest absolute Gasteiger partial charge is 0.243 e. The second-order valence-electron chi connectivity index (χ2n) is 3.79. The first-order valence-electron chi connectivity index (χ1n) is 5.64. The molecule has 0 amide bonds. The minimum absolute atomic E-state index is 0.00413. The van der Waals surface area contributed by atoms with Gasteiger partial charge in [0.15, 0.2) is 0 Å². The molecular formula is C11H16BrN3O3S. The minimum Gasteiger partial charge on any atom is -0.409 e. The molecule has 3 N–H and O–H groups in total. The molecule has 0 bridgehead atoms. The number of nitrogens with two attached hydrogens (primary N) is 1. The molecule has 0 radical (unpaired) electrons. The molecule has 0 saturated heterocycles. The van der Waals surface area contributed by atoms with Crippen molar-refractivity contribution < 1.29 is 13.6 Å². The average Bonchev–Trinajstić information content (AvgIpc) is 2.39. The van der Waals surface area contributed by atoms with Gasteiger partial charge in [-0.1, -0.05) is 28.0 Å². The molecule has 0 aromatic heterocycles. The fourth-order valence-electron chi connectivity index (χ4n) is 1.49. The molecule has 0 spiro atoms. The van der Waals surface area contributed by atoms with Gasteiger partial charge in [-0.05, 0) is 24.3 Å². The van der Waals surface area contributed by atoms with E-state index in [-0.39, 0.29) is 23.7 Å². The third kappa shape index (κ3) is 4.19. The van der Waals surface area contributed by atoms with Crippen LogP contribution in [0.4, 0.5) is 0 Å². The fourth-order valence-corrected chi connectivity index (χ4v) is 3.21. The lowest BCUT2D eigenvalue weighted by molar-refractivity contribution is 0.315. The molecule has 19 heavy (non-hydrogen) atoms. The van der Waals surface area contributed by atoms with Gasteiger partial charge < -0.3 is 10.9 Å².